The minimum absolute atomic E-state index is 0.0524. The summed E-state index contributed by atoms with van der Waals surface area (Å²) < 4.78 is 0. The summed E-state index contributed by atoms with van der Waals surface area (Å²) in [4.78, 5) is 13.0. The molecule has 2 aromatic rings. The van der Waals surface area contributed by atoms with Gasteiger partial charge in [-0.25, -0.2) is 0 Å². The smallest absolute Gasteiger partial charge is 0.220 e. The van der Waals surface area contributed by atoms with Gasteiger partial charge in [-0.15, -0.1) is 11.8 Å². The molecule has 2 rings (SSSR count). The Kier molecular flexibility index (Phi) is 7.10. The van der Waals surface area contributed by atoms with E-state index in [1.165, 1.54) is 4.90 Å². The van der Waals surface area contributed by atoms with Crippen LogP contribution in [0.1, 0.15) is 18.4 Å². The van der Waals surface area contributed by atoms with Crippen molar-refractivity contribution in [3.8, 4) is 0 Å². The van der Waals surface area contributed by atoms with Crippen molar-refractivity contribution in [2.75, 3.05) is 5.75 Å². The molecule has 0 aliphatic rings. The molecule has 0 saturated carbocycles. The predicted octanol–water partition coefficient (Wildman–Crippen LogP) is 5.18. The number of amides is 1. The molecule has 0 atom stereocenters. The third kappa shape index (κ3) is 5.91. The number of benzene rings is 2. The van der Waals surface area contributed by atoms with E-state index in [1.54, 1.807) is 11.8 Å². The molecule has 0 aromatic heterocycles. The lowest BCUT2D eigenvalue weighted by Crippen LogP contribution is -2.22. The third-order valence-corrected chi connectivity index (χ3v) is 4.78. The van der Waals surface area contributed by atoms with Crippen LogP contribution < -0.4 is 5.32 Å². The highest BCUT2D eigenvalue weighted by molar-refractivity contribution is 7.99. The van der Waals surface area contributed by atoms with Gasteiger partial charge in [0.15, 0.2) is 0 Å². The fourth-order valence-electron chi connectivity index (χ4n) is 1.88. The minimum Gasteiger partial charge on any atom is -0.352 e. The molecular weight excluding hydrogens is 337 g/mol. The molecule has 0 heterocycles. The lowest BCUT2D eigenvalue weighted by atomic mass is 10.2. The van der Waals surface area contributed by atoms with Gasteiger partial charge in [0, 0.05) is 27.9 Å². The van der Waals surface area contributed by atoms with E-state index < -0.39 is 0 Å². The number of hydrogen-bond donors (Lipinski definition) is 1. The first-order chi connectivity index (χ1) is 10.6. The Morgan fingerprint density at radius 3 is 2.50 bits per heavy atom. The summed E-state index contributed by atoms with van der Waals surface area (Å²) in [5, 5.41) is 4.32. The lowest BCUT2D eigenvalue weighted by Gasteiger charge is -2.07. The third-order valence-electron chi connectivity index (χ3n) is 3.06. The molecule has 5 heteroatoms. The zero-order valence-electron chi connectivity index (χ0n) is 12.0. The van der Waals surface area contributed by atoms with Gasteiger partial charge < -0.3 is 5.32 Å². The number of hydrogen-bond acceptors (Lipinski definition) is 2. The number of thioether (sulfide) groups is 1. The second-order valence-electron chi connectivity index (χ2n) is 4.77. The van der Waals surface area contributed by atoms with Gasteiger partial charge in [-0.2, -0.15) is 0 Å². The summed E-state index contributed by atoms with van der Waals surface area (Å²) in [6, 6.07) is 15.3. The molecular formula is C17H17Cl2NOS. The average Bonchev–Trinajstić information content (AvgIpc) is 2.52. The average molecular weight is 354 g/mol. The van der Waals surface area contributed by atoms with Crippen LogP contribution in [0.4, 0.5) is 0 Å². The summed E-state index contributed by atoms with van der Waals surface area (Å²) in [6.07, 6.45) is 1.35. The highest BCUT2D eigenvalue weighted by atomic mass is 35.5. The largest absolute Gasteiger partial charge is 0.352 e. The van der Waals surface area contributed by atoms with Crippen molar-refractivity contribution in [1.82, 2.24) is 5.32 Å². The van der Waals surface area contributed by atoms with Crippen LogP contribution in [-0.4, -0.2) is 11.7 Å². The molecule has 116 valence electrons. The normalized spacial score (nSPS) is 10.5. The van der Waals surface area contributed by atoms with Gasteiger partial charge in [-0.1, -0.05) is 41.4 Å². The van der Waals surface area contributed by atoms with Gasteiger partial charge in [0.1, 0.15) is 0 Å². The molecule has 0 unspecified atom stereocenters. The van der Waals surface area contributed by atoms with Crippen molar-refractivity contribution in [3.63, 3.8) is 0 Å². The topological polar surface area (TPSA) is 29.1 Å². The molecule has 2 nitrogen and oxygen atoms in total. The zero-order valence-corrected chi connectivity index (χ0v) is 14.3. The highest BCUT2D eigenvalue weighted by Crippen LogP contribution is 2.21. The molecule has 0 aliphatic carbocycles. The van der Waals surface area contributed by atoms with Gasteiger partial charge in [0.05, 0.1) is 0 Å². The van der Waals surface area contributed by atoms with Crippen molar-refractivity contribution in [2.45, 2.75) is 24.3 Å². The maximum absolute atomic E-state index is 11.8. The molecule has 1 N–H and O–H groups in total. The molecule has 0 spiro atoms. The van der Waals surface area contributed by atoms with Gasteiger partial charge in [-0.05, 0) is 48.1 Å². The van der Waals surface area contributed by atoms with E-state index in [4.69, 9.17) is 23.2 Å². The van der Waals surface area contributed by atoms with Gasteiger partial charge in [0.25, 0.3) is 0 Å². The number of rotatable bonds is 7. The van der Waals surface area contributed by atoms with Crippen LogP contribution in [0.25, 0.3) is 0 Å². The predicted molar refractivity (Wildman–Crippen MR) is 94.7 cm³/mol. The van der Waals surface area contributed by atoms with E-state index in [2.05, 4.69) is 5.32 Å². The van der Waals surface area contributed by atoms with Crippen LogP contribution in [0.2, 0.25) is 10.0 Å². The van der Waals surface area contributed by atoms with Crippen molar-refractivity contribution in [3.05, 3.63) is 64.1 Å². The van der Waals surface area contributed by atoms with Crippen LogP contribution >= 0.6 is 35.0 Å². The number of halogens is 2. The second-order valence-corrected chi connectivity index (χ2v) is 6.79. The minimum atomic E-state index is 0.0524. The van der Waals surface area contributed by atoms with Crippen LogP contribution in [-0.2, 0) is 11.3 Å². The first-order valence-corrected chi connectivity index (χ1v) is 8.78. The fraction of sp³-hybridized carbons (Fsp3) is 0.235. The number of nitrogens with one attached hydrogen (secondary N) is 1. The molecule has 0 fully saturated rings. The van der Waals surface area contributed by atoms with Gasteiger partial charge in [-0.3, -0.25) is 4.79 Å². The van der Waals surface area contributed by atoms with E-state index in [0.717, 1.165) is 22.8 Å². The van der Waals surface area contributed by atoms with E-state index in [9.17, 15) is 4.79 Å². The Morgan fingerprint density at radius 2 is 1.77 bits per heavy atom. The fourth-order valence-corrected chi connectivity index (χ4v) is 3.06. The summed E-state index contributed by atoms with van der Waals surface area (Å²) >= 11 is 13.6. The Bertz CT molecular complexity index is 616. The summed E-state index contributed by atoms with van der Waals surface area (Å²) in [6.45, 7) is 0.475. The van der Waals surface area contributed by atoms with Crippen molar-refractivity contribution in [1.29, 1.82) is 0 Å². The Hall–Kier alpha value is -1.16. The SMILES string of the molecule is O=C(CCCSc1ccc(Cl)cc1)NCc1ccccc1Cl. The van der Waals surface area contributed by atoms with Crippen molar-refractivity contribution >= 4 is 40.9 Å². The maximum Gasteiger partial charge on any atom is 0.220 e. The van der Waals surface area contributed by atoms with Crippen LogP contribution in [0.15, 0.2) is 53.4 Å². The van der Waals surface area contributed by atoms with Crippen LogP contribution in [0.5, 0.6) is 0 Å². The Labute approximate surface area is 145 Å². The van der Waals surface area contributed by atoms with E-state index in [-0.39, 0.29) is 5.91 Å². The quantitative estimate of drug-likeness (QED) is 0.548. The monoisotopic (exact) mass is 353 g/mol. The summed E-state index contributed by atoms with van der Waals surface area (Å²) in [7, 11) is 0. The molecule has 1 amide bonds. The van der Waals surface area contributed by atoms with Crippen LogP contribution in [0.3, 0.4) is 0 Å². The Morgan fingerprint density at radius 1 is 1.05 bits per heavy atom. The number of carbonyl (C=O) groups is 1. The van der Waals surface area contributed by atoms with Gasteiger partial charge in [0.2, 0.25) is 5.91 Å². The molecule has 0 aliphatic heterocycles. The first kappa shape index (κ1) is 17.2. The highest BCUT2D eigenvalue weighted by Gasteiger charge is 2.04. The van der Waals surface area contributed by atoms with Crippen molar-refractivity contribution < 1.29 is 4.79 Å². The van der Waals surface area contributed by atoms with E-state index in [1.807, 2.05) is 48.5 Å². The Balaban J connectivity index is 1.64. The maximum atomic E-state index is 11.8. The molecule has 0 radical (unpaired) electrons. The van der Waals surface area contributed by atoms with Crippen LogP contribution in [0, 0.1) is 0 Å². The molecule has 0 saturated heterocycles. The standard InChI is InChI=1S/C17H17Cl2NOS/c18-14-7-9-15(10-8-14)22-11-3-6-17(21)20-12-13-4-1-2-5-16(13)19/h1-2,4-5,7-10H,3,6,11-12H2,(H,20,21). The van der Waals surface area contributed by atoms with E-state index in [0.29, 0.717) is 18.0 Å². The molecule has 22 heavy (non-hydrogen) atoms. The van der Waals surface area contributed by atoms with E-state index >= 15 is 0 Å². The number of carbonyl (C=O) groups excluding carboxylic acids is 1. The molecule has 2 aromatic carbocycles. The van der Waals surface area contributed by atoms with Crippen molar-refractivity contribution in [2.24, 2.45) is 0 Å². The summed E-state index contributed by atoms with van der Waals surface area (Å²) in [5.41, 5.74) is 0.938. The summed E-state index contributed by atoms with van der Waals surface area (Å²) in [5.74, 6) is 0.956. The second kappa shape index (κ2) is 9.09. The molecule has 0 bridgehead atoms. The lowest BCUT2D eigenvalue weighted by molar-refractivity contribution is -0.121. The zero-order chi connectivity index (χ0) is 15.8. The first-order valence-electron chi connectivity index (χ1n) is 7.03. The van der Waals surface area contributed by atoms with Gasteiger partial charge >= 0.3 is 0 Å².